The van der Waals surface area contributed by atoms with Crippen LogP contribution in [0.2, 0.25) is 5.02 Å². The summed E-state index contributed by atoms with van der Waals surface area (Å²) in [6, 6.07) is 9.50. The van der Waals surface area contributed by atoms with Gasteiger partial charge in [0.05, 0.1) is 22.2 Å². The normalized spacial score (nSPS) is 11.2. The number of carbonyl (C=O) groups excluding carboxylic acids is 1. The summed E-state index contributed by atoms with van der Waals surface area (Å²) in [6.07, 6.45) is 1.32. The first-order chi connectivity index (χ1) is 12.9. The van der Waals surface area contributed by atoms with Crippen LogP contribution in [0.15, 0.2) is 41.5 Å². The number of carbonyl (C=O) groups is 1. The molecule has 0 bridgehead atoms. The fraction of sp³-hybridized carbons (Fsp3) is 0.167. The van der Waals surface area contributed by atoms with Crippen molar-refractivity contribution in [2.45, 2.75) is 20.4 Å². The molecule has 2 aromatic carbocycles. The Bertz CT molecular complexity index is 1070. The van der Waals surface area contributed by atoms with Crippen molar-refractivity contribution in [2.24, 2.45) is 5.10 Å². The first-order valence-corrected chi connectivity index (χ1v) is 8.52. The van der Waals surface area contributed by atoms with Crippen molar-refractivity contribution in [1.29, 1.82) is 0 Å². The number of imidazole rings is 1. The molecule has 0 saturated heterocycles. The first kappa shape index (κ1) is 18.5. The van der Waals surface area contributed by atoms with E-state index in [9.17, 15) is 14.9 Å². The molecule has 0 saturated carbocycles. The predicted octanol–water partition coefficient (Wildman–Crippen LogP) is 3.69. The van der Waals surface area contributed by atoms with Gasteiger partial charge in [0.15, 0.2) is 0 Å². The van der Waals surface area contributed by atoms with Gasteiger partial charge in [-0.3, -0.25) is 14.9 Å². The van der Waals surface area contributed by atoms with Crippen LogP contribution >= 0.6 is 11.6 Å². The highest BCUT2D eigenvalue weighted by Gasteiger charge is 2.12. The molecule has 0 unspecified atom stereocenters. The third-order valence-corrected chi connectivity index (χ3v) is 4.38. The molecule has 3 rings (SSSR count). The number of amides is 1. The maximum atomic E-state index is 12.3. The van der Waals surface area contributed by atoms with Gasteiger partial charge < -0.3 is 4.57 Å². The summed E-state index contributed by atoms with van der Waals surface area (Å²) in [5, 5.41) is 14.8. The number of nitrogens with zero attached hydrogens (tertiary/aromatic N) is 4. The Labute approximate surface area is 159 Å². The highest BCUT2D eigenvalue weighted by molar-refractivity contribution is 6.32. The van der Waals surface area contributed by atoms with E-state index in [0.29, 0.717) is 11.1 Å². The van der Waals surface area contributed by atoms with Crippen LogP contribution in [-0.4, -0.2) is 26.6 Å². The first-order valence-electron chi connectivity index (χ1n) is 8.15. The average Bonchev–Trinajstić information content (AvgIpc) is 2.96. The summed E-state index contributed by atoms with van der Waals surface area (Å²) >= 11 is 5.76. The molecule has 1 aromatic heterocycles. The number of nitro benzene ring substituents is 1. The molecule has 138 valence electrons. The monoisotopic (exact) mass is 385 g/mol. The van der Waals surface area contributed by atoms with Gasteiger partial charge in [0, 0.05) is 23.7 Å². The summed E-state index contributed by atoms with van der Waals surface area (Å²) < 4.78 is 2.06. The van der Waals surface area contributed by atoms with E-state index in [1.165, 1.54) is 18.3 Å². The number of hydrogen-bond donors (Lipinski definition) is 1. The molecular formula is C18H16ClN5O3. The molecule has 8 nitrogen and oxygen atoms in total. The van der Waals surface area contributed by atoms with E-state index < -0.39 is 10.8 Å². The van der Waals surface area contributed by atoms with E-state index >= 15 is 0 Å². The third-order valence-electron chi connectivity index (χ3n) is 4.06. The van der Waals surface area contributed by atoms with Crippen molar-refractivity contribution in [2.75, 3.05) is 0 Å². The van der Waals surface area contributed by atoms with Crippen LogP contribution in [-0.2, 0) is 6.54 Å². The van der Waals surface area contributed by atoms with Crippen molar-refractivity contribution in [3.05, 3.63) is 68.5 Å². The second kappa shape index (κ2) is 7.55. The number of nitrogens with one attached hydrogen (secondary N) is 1. The summed E-state index contributed by atoms with van der Waals surface area (Å²) in [7, 11) is 0. The Kier molecular flexibility index (Phi) is 5.18. The standard InChI is InChI=1S/C18H16ClN5O3/c1-3-23-11(2)21-15-9-13(5-7-16(15)23)18(25)22-20-10-12-4-6-14(19)17(8-12)24(26)27/h4-10H,3H2,1-2H3,(H,22,25)/b20-10+. The van der Waals surface area contributed by atoms with Gasteiger partial charge in [0.2, 0.25) is 0 Å². The molecule has 1 amide bonds. The molecule has 0 atom stereocenters. The number of hydrazone groups is 1. The van der Waals surface area contributed by atoms with Gasteiger partial charge in [-0.05, 0) is 38.1 Å². The molecule has 0 radical (unpaired) electrons. The van der Waals surface area contributed by atoms with E-state index in [4.69, 9.17) is 11.6 Å². The Hall–Kier alpha value is -3.26. The Morgan fingerprint density at radius 3 is 2.85 bits per heavy atom. The molecule has 3 aromatic rings. The molecule has 0 fully saturated rings. The number of rotatable bonds is 5. The topological polar surface area (TPSA) is 102 Å². The highest BCUT2D eigenvalue weighted by Crippen LogP contribution is 2.24. The SMILES string of the molecule is CCn1c(C)nc2cc(C(=O)N/N=C/c3ccc(Cl)c([N+](=O)[O-])c3)ccc21. The van der Waals surface area contributed by atoms with Crippen molar-refractivity contribution >= 4 is 40.4 Å². The highest BCUT2D eigenvalue weighted by atomic mass is 35.5. The summed E-state index contributed by atoms with van der Waals surface area (Å²) in [4.78, 5) is 27.1. The Balaban J connectivity index is 1.76. The maximum absolute atomic E-state index is 12.3. The van der Waals surface area contributed by atoms with Gasteiger partial charge in [0.1, 0.15) is 10.8 Å². The third kappa shape index (κ3) is 3.80. The molecule has 1 heterocycles. The Morgan fingerprint density at radius 2 is 2.15 bits per heavy atom. The van der Waals surface area contributed by atoms with Gasteiger partial charge in [-0.15, -0.1) is 0 Å². The van der Waals surface area contributed by atoms with Crippen molar-refractivity contribution in [1.82, 2.24) is 15.0 Å². The number of fused-ring (bicyclic) bond motifs is 1. The fourth-order valence-electron chi connectivity index (χ4n) is 2.77. The van der Waals surface area contributed by atoms with Gasteiger partial charge in [-0.2, -0.15) is 5.10 Å². The molecule has 0 aliphatic carbocycles. The number of nitro groups is 1. The smallest absolute Gasteiger partial charge is 0.288 e. The molecular weight excluding hydrogens is 370 g/mol. The van der Waals surface area contributed by atoms with Crippen LogP contribution in [0, 0.1) is 17.0 Å². The Morgan fingerprint density at radius 1 is 1.37 bits per heavy atom. The lowest BCUT2D eigenvalue weighted by molar-refractivity contribution is -0.384. The predicted molar refractivity (Wildman–Crippen MR) is 103 cm³/mol. The largest absolute Gasteiger partial charge is 0.329 e. The van der Waals surface area contributed by atoms with Crippen molar-refractivity contribution in [3.8, 4) is 0 Å². The van der Waals surface area contributed by atoms with Gasteiger partial charge in [0.25, 0.3) is 11.6 Å². The second-order valence-corrected chi connectivity index (χ2v) is 6.18. The van der Waals surface area contributed by atoms with E-state index in [0.717, 1.165) is 23.4 Å². The number of benzene rings is 2. The van der Waals surface area contributed by atoms with Crippen LogP contribution in [0.25, 0.3) is 11.0 Å². The van der Waals surface area contributed by atoms with Gasteiger partial charge in [-0.25, -0.2) is 10.4 Å². The quantitative estimate of drug-likeness (QED) is 0.411. The summed E-state index contributed by atoms with van der Waals surface area (Å²) in [5.41, 5.74) is 4.74. The zero-order valence-electron chi connectivity index (χ0n) is 14.6. The van der Waals surface area contributed by atoms with Crippen LogP contribution in [0.4, 0.5) is 5.69 Å². The minimum absolute atomic E-state index is 0.0382. The molecule has 0 spiro atoms. The molecule has 27 heavy (non-hydrogen) atoms. The van der Waals surface area contributed by atoms with Crippen LogP contribution in [0.3, 0.4) is 0 Å². The zero-order valence-corrected chi connectivity index (χ0v) is 15.4. The summed E-state index contributed by atoms with van der Waals surface area (Å²) in [5.74, 6) is 0.479. The zero-order chi connectivity index (χ0) is 19.6. The number of aromatic nitrogens is 2. The minimum atomic E-state index is -0.578. The van der Waals surface area contributed by atoms with E-state index in [1.807, 2.05) is 19.9 Å². The fourth-order valence-corrected chi connectivity index (χ4v) is 2.96. The van der Waals surface area contributed by atoms with E-state index in [1.54, 1.807) is 18.2 Å². The average molecular weight is 386 g/mol. The second-order valence-electron chi connectivity index (χ2n) is 5.77. The minimum Gasteiger partial charge on any atom is -0.329 e. The lowest BCUT2D eigenvalue weighted by Crippen LogP contribution is -2.17. The number of aryl methyl sites for hydroxylation is 2. The molecule has 1 N–H and O–H groups in total. The maximum Gasteiger partial charge on any atom is 0.288 e. The van der Waals surface area contributed by atoms with E-state index in [-0.39, 0.29) is 10.7 Å². The van der Waals surface area contributed by atoms with Gasteiger partial charge in [-0.1, -0.05) is 17.7 Å². The van der Waals surface area contributed by atoms with Gasteiger partial charge >= 0.3 is 0 Å². The van der Waals surface area contributed by atoms with Crippen molar-refractivity contribution < 1.29 is 9.72 Å². The number of hydrogen-bond acceptors (Lipinski definition) is 5. The van der Waals surface area contributed by atoms with Crippen LogP contribution in [0.5, 0.6) is 0 Å². The lowest BCUT2D eigenvalue weighted by Gasteiger charge is -2.03. The number of halogens is 1. The molecule has 9 heteroatoms. The molecule has 0 aliphatic rings. The lowest BCUT2D eigenvalue weighted by atomic mass is 10.2. The molecule has 0 aliphatic heterocycles. The van der Waals surface area contributed by atoms with Crippen LogP contribution in [0.1, 0.15) is 28.7 Å². The summed E-state index contributed by atoms with van der Waals surface area (Å²) in [6.45, 7) is 4.74. The van der Waals surface area contributed by atoms with Crippen LogP contribution < -0.4 is 5.43 Å². The van der Waals surface area contributed by atoms with Crippen molar-refractivity contribution in [3.63, 3.8) is 0 Å². The van der Waals surface area contributed by atoms with E-state index in [2.05, 4.69) is 20.1 Å².